The monoisotopic (exact) mass is 207 g/mol. The van der Waals surface area contributed by atoms with E-state index in [-0.39, 0.29) is 6.61 Å². The van der Waals surface area contributed by atoms with Crippen LogP contribution in [0.1, 0.15) is 18.1 Å². The number of hydrogen-bond acceptors (Lipinski definition) is 3. The highest BCUT2D eigenvalue weighted by atomic mass is 32.1. The summed E-state index contributed by atoms with van der Waals surface area (Å²) in [7, 11) is 0. The molecule has 0 radical (unpaired) electrons. The molecule has 0 atom stereocenters. The Morgan fingerprint density at radius 3 is 2.79 bits per heavy atom. The van der Waals surface area contributed by atoms with Gasteiger partial charge in [-0.15, -0.1) is 11.3 Å². The number of nitrogens with two attached hydrogens (primary N) is 1. The van der Waals surface area contributed by atoms with Gasteiger partial charge in [-0.2, -0.15) is 0 Å². The number of aliphatic hydroxyl groups excluding tert-OH is 1. The van der Waals surface area contributed by atoms with Crippen molar-refractivity contribution in [2.75, 3.05) is 5.73 Å². The van der Waals surface area contributed by atoms with Gasteiger partial charge < -0.3 is 10.8 Å². The van der Waals surface area contributed by atoms with Gasteiger partial charge in [0.05, 0.1) is 6.61 Å². The predicted molar refractivity (Wildman–Crippen MR) is 61.5 cm³/mol. The second kappa shape index (κ2) is 3.59. The lowest BCUT2D eigenvalue weighted by molar-refractivity contribution is 0.283. The molecule has 2 rings (SSSR count). The van der Waals surface area contributed by atoms with E-state index < -0.39 is 0 Å². The van der Waals surface area contributed by atoms with Crippen molar-refractivity contribution < 1.29 is 5.11 Å². The highest BCUT2D eigenvalue weighted by Crippen LogP contribution is 2.33. The number of aliphatic hydroxyl groups is 1. The van der Waals surface area contributed by atoms with Crippen molar-refractivity contribution in [3.8, 4) is 0 Å². The minimum atomic E-state index is 0.0838. The third-order valence-electron chi connectivity index (χ3n) is 2.46. The average molecular weight is 207 g/mol. The lowest BCUT2D eigenvalue weighted by Gasteiger charge is -2.03. The first kappa shape index (κ1) is 9.49. The fraction of sp³-hybridized carbons (Fsp3) is 0.273. The molecule has 1 aromatic heterocycles. The fourth-order valence-electron chi connectivity index (χ4n) is 1.68. The van der Waals surface area contributed by atoms with E-state index in [2.05, 4.69) is 12.3 Å². The van der Waals surface area contributed by atoms with Gasteiger partial charge in [0.2, 0.25) is 0 Å². The molecule has 3 heteroatoms. The lowest BCUT2D eigenvalue weighted by Crippen LogP contribution is -1.91. The summed E-state index contributed by atoms with van der Waals surface area (Å²) < 4.78 is 1.13. The molecule has 3 N–H and O–H groups in total. The number of thiophene rings is 1. The van der Waals surface area contributed by atoms with Gasteiger partial charge in [0.15, 0.2) is 0 Å². The lowest BCUT2D eigenvalue weighted by atomic mass is 10.1. The van der Waals surface area contributed by atoms with Crippen LogP contribution in [0, 0.1) is 0 Å². The molecule has 0 bridgehead atoms. The first-order valence-electron chi connectivity index (χ1n) is 4.66. The standard InChI is InChI=1S/C11H13NOS/c1-2-7-6-14-11-8(5-13)3-4-9(12)10(7)11/h3-4,6,13H,2,5,12H2,1H3. The van der Waals surface area contributed by atoms with Crippen LogP contribution in [0.5, 0.6) is 0 Å². The Hall–Kier alpha value is -1.06. The third kappa shape index (κ3) is 1.29. The summed E-state index contributed by atoms with van der Waals surface area (Å²) >= 11 is 1.66. The molecular formula is C11H13NOS. The van der Waals surface area contributed by atoms with Crippen molar-refractivity contribution in [1.29, 1.82) is 0 Å². The van der Waals surface area contributed by atoms with Crippen molar-refractivity contribution in [2.45, 2.75) is 20.0 Å². The summed E-state index contributed by atoms with van der Waals surface area (Å²) in [5.74, 6) is 0. The number of anilines is 1. The van der Waals surface area contributed by atoms with Gasteiger partial charge in [-0.1, -0.05) is 13.0 Å². The van der Waals surface area contributed by atoms with Crippen LogP contribution in [0.2, 0.25) is 0 Å². The summed E-state index contributed by atoms with van der Waals surface area (Å²) in [6, 6.07) is 3.77. The Morgan fingerprint density at radius 1 is 1.36 bits per heavy atom. The van der Waals surface area contributed by atoms with E-state index in [1.165, 1.54) is 5.56 Å². The van der Waals surface area contributed by atoms with Gasteiger partial charge >= 0.3 is 0 Å². The highest BCUT2D eigenvalue weighted by Gasteiger charge is 2.09. The number of fused-ring (bicyclic) bond motifs is 1. The Morgan fingerprint density at radius 2 is 2.14 bits per heavy atom. The Labute approximate surface area is 87.0 Å². The fourth-order valence-corrected chi connectivity index (χ4v) is 2.88. The molecular weight excluding hydrogens is 194 g/mol. The zero-order valence-corrected chi connectivity index (χ0v) is 8.90. The molecule has 2 aromatic rings. The minimum Gasteiger partial charge on any atom is -0.398 e. The van der Waals surface area contributed by atoms with E-state index in [1.54, 1.807) is 11.3 Å². The molecule has 1 heterocycles. The number of nitrogen functional groups attached to an aromatic ring is 1. The van der Waals surface area contributed by atoms with Crippen LogP contribution < -0.4 is 5.73 Å². The van der Waals surface area contributed by atoms with Crippen LogP contribution in [0.4, 0.5) is 5.69 Å². The molecule has 0 spiro atoms. The second-order valence-electron chi connectivity index (χ2n) is 3.29. The van der Waals surface area contributed by atoms with Gasteiger partial charge in [-0.3, -0.25) is 0 Å². The highest BCUT2D eigenvalue weighted by molar-refractivity contribution is 7.17. The van der Waals surface area contributed by atoms with Crippen molar-refractivity contribution >= 4 is 27.1 Å². The molecule has 0 saturated carbocycles. The van der Waals surface area contributed by atoms with Gasteiger partial charge in [-0.05, 0) is 29.0 Å². The molecule has 1 aromatic carbocycles. The summed E-state index contributed by atoms with van der Waals surface area (Å²) in [5, 5.41) is 12.4. The van der Waals surface area contributed by atoms with Crippen molar-refractivity contribution in [2.24, 2.45) is 0 Å². The molecule has 0 fully saturated rings. The second-order valence-corrected chi connectivity index (χ2v) is 4.17. The largest absolute Gasteiger partial charge is 0.398 e. The molecule has 0 saturated heterocycles. The summed E-state index contributed by atoms with van der Waals surface area (Å²) in [6.45, 7) is 2.20. The van der Waals surface area contributed by atoms with E-state index in [0.29, 0.717) is 0 Å². The number of rotatable bonds is 2. The minimum absolute atomic E-state index is 0.0838. The SMILES string of the molecule is CCc1csc2c(CO)ccc(N)c12. The van der Waals surface area contributed by atoms with Crippen LogP contribution in [0.3, 0.4) is 0 Å². The molecule has 2 nitrogen and oxygen atoms in total. The normalized spacial score (nSPS) is 11.0. The quantitative estimate of drug-likeness (QED) is 0.743. The van der Waals surface area contributed by atoms with Crippen LogP contribution in [0.15, 0.2) is 17.5 Å². The zero-order chi connectivity index (χ0) is 10.1. The maximum absolute atomic E-state index is 9.17. The van der Waals surface area contributed by atoms with Crippen molar-refractivity contribution in [1.82, 2.24) is 0 Å². The zero-order valence-electron chi connectivity index (χ0n) is 8.08. The Balaban J connectivity index is 2.80. The van der Waals surface area contributed by atoms with Crippen molar-refractivity contribution in [3.63, 3.8) is 0 Å². The topological polar surface area (TPSA) is 46.2 Å². The van der Waals surface area contributed by atoms with E-state index in [9.17, 15) is 5.11 Å². The van der Waals surface area contributed by atoms with Crippen LogP contribution in [0.25, 0.3) is 10.1 Å². The summed E-state index contributed by atoms with van der Waals surface area (Å²) in [4.78, 5) is 0. The van der Waals surface area contributed by atoms with Gasteiger partial charge in [-0.25, -0.2) is 0 Å². The van der Waals surface area contributed by atoms with E-state index in [4.69, 9.17) is 5.73 Å². The van der Waals surface area contributed by atoms with Gasteiger partial charge in [0, 0.05) is 15.8 Å². The number of hydrogen-bond donors (Lipinski definition) is 2. The predicted octanol–water partition coefficient (Wildman–Crippen LogP) is 2.54. The van der Waals surface area contributed by atoms with E-state index >= 15 is 0 Å². The van der Waals surface area contributed by atoms with Crippen LogP contribution in [-0.4, -0.2) is 5.11 Å². The molecule has 0 aliphatic heterocycles. The molecule has 0 amide bonds. The number of aryl methyl sites for hydroxylation is 1. The summed E-state index contributed by atoms with van der Waals surface area (Å²) in [6.07, 6.45) is 0.985. The van der Waals surface area contributed by atoms with Gasteiger partial charge in [0.1, 0.15) is 0 Å². The van der Waals surface area contributed by atoms with Crippen molar-refractivity contribution in [3.05, 3.63) is 28.6 Å². The molecule has 0 aliphatic carbocycles. The van der Waals surface area contributed by atoms with Gasteiger partial charge in [0.25, 0.3) is 0 Å². The van der Waals surface area contributed by atoms with E-state index in [0.717, 1.165) is 27.8 Å². The maximum atomic E-state index is 9.17. The Kier molecular flexibility index (Phi) is 2.44. The maximum Gasteiger partial charge on any atom is 0.0695 e. The molecule has 74 valence electrons. The Bertz CT molecular complexity index is 462. The third-order valence-corrected chi connectivity index (χ3v) is 3.57. The molecule has 0 unspecified atom stereocenters. The van der Waals surface area contributed by atoms with Crippen LogP contribution in [-0.2, 0) is 13.0 Å². The summed E-state index contributed by atoms with van der Waals surface area (Å²) in [5.41, 5.74) is 8.99. The molecule has 14 heavy (non-hydrogen) atoms. The first-order valence-corrected chi connectivity index (χ1v) is 5.54. The average Bonchev–Trinajstić information content (AvgIpc) is 2.63. The van der Waals surface area contributed by atoms with Crippen LogP contribution >= 0.6 is 11.3 Å². The number of benzene rings is 1. The molecule has 0 aliphatic rings. The first-order chi connectivity index (χ1) is 6.77. The smallest absolute Gasteiger partial charge is 0.0695 e. The van der Waals surface area contributed by atoms with E-state index in [1.807, 2.05) is 12.1 Å².